The lowest BCUT2D eigenvalue weighted by Crippen LogP contribution is -2.18. The van der Waals surface area contributed by atoms with E-state index in [0.29, 0.717) is 17.1 Å². The average Bonchev–Trinajstić information content (AvgIpc) is 3.13. The van der Waals surface area contributed by atoms with E-state index >= 15 is 0 Å². The largest absolute Gasteiger partial charge is 0.487 e. The zero-order valence-corrected chi connectivity index (χ0v) is 11.0. The first-order valence-corrected chi connectivity index (χ1v) is 6.29. The number of benzene rings is 1. The van der Waals surface area contributed by atoms with E-state index in [0.717, 1.165) is 12.8 Å². The summed E-state index contributed by atoms with van der Waals surface area (Å²) in [5, 5.41) is 2.60. The fraction of sp³-hybridized carbons (Fsp3) is 0.500. The molecule has 0 bridgehead atoms. The van der Waals surface area contributed by atoms with Crippen LogP contribution in [0.1, 0.15) is 37.0 Å². The highest BCUT2D eigenvalue weighted by atomic mass is 16.5. The third-order valence-electron chi connectivity index (χ3n) is 2.61. The third kappa shape index (κ3) is 3.15. The average molecular weight is 249 g/mol. The van der Waals surface area contributed by atoms with Gasteiger partial charge in [0.15, 0.2) is 11.5 Å². The fourth-order valence-corrected chi connectivity index (χ4v) is 1.60. The lowest BCUT2D eigenvalue weighted by atomic mass is 10.2. The molecule has 1 amide bonds. The van der Waals surface area contributed by atoms with Gasteiger partial charge in [-0.2, -0.15) is 0 Å². The molecule has 0 aliphatic heterocycles. The molecule has 1 aliphatic rings. The summed E-state index contributed by atoms with van der Waals surface area (Å²) >= 11 is 0. The van der Waals surface area contributed by atoms with E-state index in [9.17, 15) is 4.79 Å². The van der Waals surface area contributed by atoms with Gasteiger partial charge in [0.1, 0.15) is 0 Å². The van der Waals surface area contributed by atoms with Gasteiger partial charge in [0.05, 0.1) is 12.2 Å². The molecule has 1 saturated carbocycles. The summed E-state index contributed by atoms with van der Waals surface area (Å²) in [6.45, 7) is 3.93. The molecule has 0 spiro atoms. The Morgan fingerprint density at radius 3 is 2.61 bits per heavy atom. The first kappa shape index (κ1) is 12.7. The third-order valence-corrected chi connectivity index (χ3v) is 2.61. The molecule has 0 aromatic heterocycles. The Labute approximate surface area is 107 Å². The van der Waals surface area contributed by atoms with Gasteiger partial charge in [-0.15, -0.1) is 0 Å². The van der Waals surface area contributed by atoms with E-state index < -0.39 is 0 Å². The van der Waals surface area contributed by atoms with Crippen molar-refractivity contribution in [3.05, 3.63) is 23.8 Å². The number of hydrogen-bond donors (Lipinski definition) is 1. The molecule has 4 nitrogen and oxygen atoms in total. The fourth-order valence-electron chi connectivity index (χ4n) is 1.60. The Hall–Kier alpha value is -1.71. The Kier molecular flexibility index (Phi) is 3.75. The second-order valence-corrected chi connectivity index (χ2v) is 4.72. The Balaban J connectivity index is 2.24. The second kappa shape index (κ2) is 5.29. The topological polar surface area (TPSA) is 47.6 Å². The number of hydrogen-bond acceptors (Lipinski definition) is 3. The van der Waals surface area contributed by atoms with Crippen LogP contribution in [-0.2, 0) is 0 Å². The molecule has 0 unspecified atom stereocenters. The maximum Gasteiger partial charge on any atom is 0.251 e. The number of carbonyl (C=O) groups is 1. The van der Waals surface area contributed by atoms with Crippen LogP contribution in [0.3, 0.4) is 0 Å². The number of carbonyl (C=O) groups excluding carboxylic acids is 1. The molecule has 0 atom stereocenters. The standard InChI is InChI=1S/C14H19NO3/c1-9(2)17-12-7-4-10(14(16)15-3)8-13(12)18-11-5-6-11/h4,7-9,11H,5-6H2,1-3H3,(H,15,16). The van der Waals surface area contributed by atoms with E-state index in [1.165, 1.54) is 0 Å². The van der Waals surface area contributed by atoms with Crippen LogP contribution in [0.4, 0.5) is 0 Å². The highest BCUT2D eigenvalue weighted by molar-refractivity contribution is 5.94. The molecule has 1 aromatic carbocycles. The molecular formula is C14H19NO3. The quantitative estimate of drug-likeness (QED) is 0.871. The highest BCUT2D eigenvalue weighted by Gasteiger charge is 2.25. The maximum atomic E-state index is 11.6. The molecule has 1 fully saturated rings. The van der Waals surface area contributed by atoms with Gasteiger partial charge in [-0.05, 0) is 44.9 Å². The van der Waals surface area contributed by atoms with E-state index in [1.54, 1.807) is 25.2 Å². The van der Waals surface area contributed by atoms with Crippen LogP contribution in [0.15, 0.2) is 18.2 Å². The van der Waals surface area contributed by atoms with Crippen molar-refractivity contribution < 1.29 is 14.3 Å². The van der Waals surface area contributed by atoms with E-state index in [4.69, 9.17) is 9.47 Å². The van der Waals surface area contributed by atoms with Crippen molar-refractivity contribution in [2.75, 3.05) is 7.05 Å². The molecule has 4 heteroatoms. The molecule has 2 rings (SSSR count). The molecule has 0 heterocycles. The van der Waals surface area contributed by atoms with Crippen molar-refractivity contribution in [1.29, 1.82) is 0 Å². The molecule has 0 radical (unpaired) electrons. The minimum atomic E-state index is -0.119. The first-order chi connectivity index (χ1) is 8.60. The zero-order chi connectivity index (χ0) is 13.1. The van der Waals surface area contributed by atoms with Crippen molar-refractivity contribution in [2.45, 2.75) is 38.9 Å². The summed E-state index contributed by atoms with van der Waals surface area (Å²) in [6, 6.07) is 5.29. The lowest BCUT2D eigenvalue weighted by Gasteiger charge is -2.15. The summed E-state index contributed by atoms with van der Waals surface area (Å²) in [4.78, 5) is 11.6. The molecule has 18 heavy (non-hydrogen) atoms. The van der Waals surface area contributed by atoms with Crippen molar-refractivity contribution in [1.82, 2.24) is 5.32 Å². The van der Waals surface area contributed by atoms with Crippen molar-refractivity contribution in [3.63, 3.8) is 0 Å². The maximum absolute atomic E-state index is 11.6. The number of nitrogens with one attached hydrogen (secondary N) is 1. The van der Waals surface area contributed by atoms with Crippen LogP contribution in [0.25, 0.3) is 0 Å². The van der Waals surface area contributed by atoms with Gasteiger partial charge in [0.2, 0.25) is 0 Å². The Morgan fingerprint density at radius 2 is 2.06 bits per heavy atom. The molecular weight excluding hydrogens is 230 g/mol. The molecule has 1 aromatic rings. The van der Waals surface area contributed by atoms with Crippen LogP contribution in [0.5, 0.6) is 11.5 Å². The monoisotopic (exact) mass is 249 g/mol. The number of rotatable bonds is 5. The van der Waals surface area contributed by atoms with Gasteiger partial charge in [0.25, 0.3) is 5.91 Å². The van der Waals surface area contributed by atoms with E-state index in [2.05, 4.69) is 5.32 Å². The zero-order valence-electron chi connectivity index (χ0n) is 11.0. The second-order valence-electron chi connectivity index (χ2n) is 4.72. The molecule has 0 saturated heterocycles. The Morgan fingerprint density at radius 1 is 1.33 bits per heavy atom. The first-order valence-electron chi connectivity index (χ1n) is 6.29. The van der Waals surface area contributed by atoms with Gasteiger partial charge < -0.3 is 14.8 Å². The van der Waals surface area contributed by atoms with Crippen LogP contribution in [0.2, 0.25) is 0 Å². The number of amides is 1. The summed E-state index contributed by atoms with van der Waals surface area (Å²) in [5.41, 5.74) is 0.587. The molecule has 1 N–H and O–H groups in total. The van der Waals surface area contributed by atoms with Crippen molar-refractivity contribution in [2.24, 2.45) is 0 Å². The van der Waals surface area contributed by atoms with E-state index in [-0.39, 0.29) is 18.1 Å². The summed E-state index contributed by atoms with van der Waals surface area (Å²) < 4.78 is 11.5. The van der Waals surface area contributed by atoms with Gasteiger partial charge in [-0.1, -0.05) is 0 Å². The summed E-state index contributed by atoms with van der Waals surface area (Å²) in [6.07, 6.45) is 2.51. The predicted octanol–water partition coefficient (Wildman–Crippen LogP) is 2.37. The molecule has 1 aliphatic carbocycles. The Bertz CT molecular complexity index is 439. The highest BCUT2D eigenvalue weighted by Crippen LogP contribution is 2.34. The van der Waals surface area contributed by atoms with E-state index in [1.807, 2.05) is 13.8 Å². The number of ether oxygens (including phenoxy) is 2. The van der Waals surface area contributed by atoms with Crippen LogP contribution >= 0.6 is 0 Å². The van der Waals surface area contributed by atoms with Crippen LogP contribution in [0, 0.1) is 0 Å². The predicted molar refractivity (Wildman–Crippen MR) is 69.2 cm³/mol. The van der Waals surface area contributed by atoms with Crippen molar-refractivity contribution in [3.8, 4) is 11.5 Å². The summed E-state index contributed by atoms with van der Waals surface area (Å²) in [7, 11) is 1.61. The lowest BCUT2D eigenvalue weighted by molar-refractivity contribution is 0.0962. The van der Waals surface area contributed by atoms with Crippen LogP contribution < -0.4 is 14.8 Å². The van der Waals surface area contributed by atoms with Gasteiger partial charge in [-0.3, -0.25) is 4.79 Å². The van der Waals surface area contributed by atoms with Gasteiger partial charge in [0, 0.05) is 12.6 Å². The van der Waals surface area contributed by atoms with Gasteiger partial charge in [-0.25, -0.2) is 0 Å². The minimum Gasteiger partial charge on any atom is -0.487 e. The molecule has 98 valence electrons. The SMILES string of the molecule is CNC(=O)c1ccc(OC(C)C)c(OC2CC2)c1. The minimum absolute atomic E-state index is 0.0809. The smallest absolute Gasteiger partial charge is 0.251 e. The van der Waals surface area contributed by atoms with Crippen LogP contribution in [-0.4, -0.2) is 25.2 Å². The summed E-state index contributed by atoms with van der Waals surface area (Å²) in [5.74, 6) is 1.24. The normalized spacial score (nSPS) is 14.4. The van der Waals surface area contributed by atoms with Gasteiger partial charge >= 0.3 is 0 Å². The van der Waals surface area contributed by atoms with Crippen molar-refractivity contribution >= 4 is 5.91 Å².